The van der Waals surface area contributed by atoms with Crippen LogP contribution in [0.4, 0.5) is 4.39 Å². The molecule has 0 aromatic heterocycles. The number of hydrogen-bond acceptors (Lipinski definition) is 1. The first kappa shape index (κ1) is 15.6. The predicted molar refractivity (Wildman–Crippen MR) is 97.8 cm³/mol. The third kappa shape index (κ3) is 2.93. The quantitative estimate of drug-likeness (QED) is 0.689. The zero-order valence-electron chi connectivity index (χ0n) is 13.6. The summed E-state index contributed by atoms with van der Waals surface area (Å²) in [6.07, 6.45) is 2.75. The van der Waals surface area contributed by atoms with E-state index in [1.807, 2.05) is 18.2 Å². The fraction of sp³-hybridized carbons (Fsp3) is 0.136. The molecule has 1 aliphatic rings. The second-order valence-electron chi connectivity index (χ2n) is 6.47. The number of rotatable bonds is 3. The highest BCUT2D eigenvalue weighted by Gasteiger charge is 2.28. The van der Waals surface area contributed by atoms with Crippen molar-refractivity contribution in [3.63, 3.8) is 0 Å². The van der Waals surface area contributed by atoms with Gasteiger partial charge in [0.25, 0.3) is 0 Å². The van der Waals surface area contributed by atoms with Gasteiger partial charge in [-0.2, -0.15) is 0 Å². The van der Waals surface area contributed by atoms with Crippen molar-refractivity contribution < 1.29 is 14.3 Å². The topological polar surface area (TPSA) is 37.3 Å². The van der Waals surface area contributed by atoms with Gasteiger partial charge in [-0.3, -0.25) is 4.79 Å². The first-order valence-corrected chi connectivity index (χ1v) is 8.32. The Morgan fingerprint density at radius 3 is 2.76 bits per heavy atom. The summed E-state index contributed by atoms with van der Waals surface area (Å²) in [4.78, 5) is 11.2. The van der Waals surface area contributed by atoms with Crippen LogP contribution < -0.4 is 0 Å². The summed E-state index contributed by atoms with van der Waals surface area (Å²) in [6, 6.07) is 19.0. The van der Waals surface area contributed by atoms with Gasteiger partial charge in [-0.05, 0) is 57.5 Å². The summed E-state index contributed by atoms with van der Waals surface area (Å²) in [5.74, 6) is -1.35. The number of fused-ring (bicyclic) bond motifs is 2. The van der Waals surface area contributed by atoms with E-state index in [1.165, 1.54) is 12.1 Å². The summed E-state index contributed by atoms with van der Waals surface area (Å²) in [5.41, 5.74) is 3.92. The molecule has 124 valence electrons. The molecule has 0 radical (unpaired) electrons. The number of aliphatic carboxylic acids is 1. The van der Waals surface area contributed by atoms with Crippen molar-refractivity contribution in [1.82, 2.24) is 0 Å². The minimum Gasteiger partial charge on any atom is -0.481 e. The molecule has 0 aliphatic heterocycles. The van der Waals surface area contributed by atoms with Gasteiger partial charge in [0, 0.05) is 0 Å². The minimum absolute atomic E-state index is 0.0172. The monoisotopic (exact) mass is 332 g/mol. The Balaban J connectivity index is 1.83. The molecule has 0 amide bonds. The van der Waals surface area contributed by atoms with Gasteiger partial charge < -0.3 is 5.11 Å². The fourth-order valence-corrected chi connectivity index (χ4v) is 3.74. The summed E-state index contributed by atoms with van der Waals surface area (Å²) >= 11 is 0. The van der Waals surface area contributed by atoms with Crippen LogP contribution >= 0.6 is 0 Å². The predicted octanol–water partition coefficient (Wildman–Crippen LogP) is 5.48. The summed E-state index contributed by atoms with van der Waals surface area (Å²) in [6.45, 7) is 0. The van der Waals surface area contributed by atoms with Gasteiger partial charge in [-0.25, -0.2) is 4.39 Å². The van der Waals surface area contributed by atoms with Gasteiger partial charge in [0.05, 0.1) is 6.42 Å². The first-order chi connectivity index (χ1) is 12.1. The number of allylic oxidation sites excluding steroid dienone is 1. The van der Waals surface area contributed by atoms with Gasteiger partial charge in [-0.1, -0.05) is 54.6 Å². The van der Waals surface area contributed by atoms with Crippen LogP contribution in [0.1, 0.15) is 35.4 Å². The molecule has 0 spiro atoms. The van der Waals surface area contributed by atoms with Crippen molar-refractivity contribution >= 4 is 28.4 Å². The Hall–Kier alpha value is -2.94. The molecule has 3 aromatic rings. The van der Waals surface area contributed by atoms with Crippen molar-refractivity contribution in [2.24, 2.45) is 0 Å². The van der Waals surface area contributed by atoms with E-state index in [-0.39, 0.29) is 18.2 Å². The Labute approximate surface area is 145 Å². The van der Waals surface area contributed by atoms with Crippen LogP contribution in [-0.4, -0.2) is 11.1 Å². The molecule has 0 saturated heterocycles. The first-order valence-electron chi connectivity index (χ1n) is 8.32. The maximum Gasteiger partial charge on any atom is 0.303 e. The van der Waals surface area contributed by atoms with Gasteiger partial charge in [0.2, 0.25) is 0 Å². The normalized spacial score (nSPS) is 17.8. The van der Waals surface area contributed by atoms with Gasteiger partial charge in [-0.15, -0.1) is 0 Å². The van der Waals surface area contributed by atoms with Crippen LogP contribution in [0.2, 0.25) is 0 Å². The third-order valence-corrected chi connectivity index (χ3v) is 4.84. The van der Waals surface area contributed by atoms with Crippen LogP contribution in [0.3, 0.4) is 0 Å². The molecule has 4 rings (SSSR count). The summed E-state index contributed by atoms with van der Waals surface area (Å²) in [7, 11) is 0. The number of carboxylic acid groups (broad SMARTS) is 1. The highest BCUT2D eigenvalue weighted by Crippen LogP contribution is 2.44. The van der Waals surface area contributed by atoms with Crippen molar-refractivity contribution in [1.29, 1.82) is 0 Å². The molecule has 25 heavy (non-hydrogen) atoms. The lowest BCUT2D eigenvalue weighted by Crippen LogP contribution is -2.03. The van der Waals surface area contributed by atoms with E-state index in [0.717, 1.165) is 33.0 Å². The maximum atomic E-state index is 13.7. The van der Waals surface area contributed by atoms with Gasteiger partial charge in [0.15, 0.2) is 0 Å². The molecule has 0 heterocycles. The smallest absolute Gasteiger partial charge is 0.303 e. The van der Waals surface area contributed by atoms with E-state index in [0.29, 0.717) is 6.42 Å². The molecule has 1 atom stereocenters. The van der Waals surface area contributed by atoms with Crippen molar-refractivity contribution in [3.05, 3.63) is 83.2 Å². The minimum atomic E-state index is -0.855. The molecule has 3 aromatic carbocycles. The summed E-state index contributed by atoms with van der Waals surface area (Å²) < 4.78 is 13.7. The van der Waals surface area contributed by atoms with Gasteiger partial charge >= 0.3 is 5.97 Å². The Morgan fingerprint density at radius 1 is 1.12 bits per heavy atom. The number of benzene rings is 3. The lowest BCUT2D eigenvalue weighted by atomic mass is 9.98. The second-order valence-corrected chi connectivity index (χ2v) is 6.47. The van der Waals surface area contributed by atoms with E-state index in [4.69, 9.17) is 0 Å². The third-order valence-electron chi connectivity index (χ3n) is 4.84. The molecule has 1 N–H and O–H groups in total. The van der Waals surface area contributed by atoms with Crippen LogP contribution in [0.15, 0.2) is 60.7 Å². The van der Waals surface area contributed by atoms with Crippen LogP contribution in [0, 0.1) is 5.82 Å². The van der Waals surface area contributed by atoms with E-state index in [9.17, 15) is 14.3 Å². The van der Waals surface area contributed by atoms with Gasteiger partial charge in [0.1, 0.15) is 5.82 Å². The number of carbonyl (C=O) groups is 1. The molecular formula is C22H17FO2. The number of carboxylic acids is 1. The zero-order chi connectivity index (χ0) is 17.4. The van der Waals surface area contributed by atoms with Crippen molar-refractivity contribution in [3.8, 4) is 0 Å². The maximum absolute atomic E-state index is 13.7. The molecule has 2 nitrogen and oxygen atoms in total. The van der Waals surface area contributed by atoms with E-state index < -0.39 is 5.97 Å². The average molecular weight is 332 g/mol. The zero-order valence-corrected chi connectivity index (χ0v) is 13.6. The largest absolute Gasteiger partial charge is 0.481 e. The molecule has 0 bridgehead atoms. The molecule has 0 fully saturated rings. The number of halogens is 1. The lowest BCUT2D eigenvalue weighted by Gasteiger charge is -2.07. The highest BCUT2D eigenvalue weighted by atomic mass is 19.1. The Bertz CT molecular complexity index is 999. The van der Waals surface area contributed by atoms with Crippen LogP contribution in [-0.2, 0) is 4.79 Å². The Morgan fingerprint density at radius 2 is 1.92 bits per heavy atom. The van der Waals surface area contributed by atoms with Crippen molar-refractivity contribution in [2.45, 2.75) is 18.8 Å². The molecular weight excluding hydrogens is 315 g/mol. The lowest BCUT2D eigenvalue weighted by molar-refractivity contribution is -0.137. The standard InChI is InChI=1S/C22H17FO2/c23-18-8-9-20-16(11-17(12-22(24)25)21(20)13-18)10-15-6-3-5-14-4-1-2-7-19(14)15/h1-10,13,17H,11-12H2,(H,24,25)/b16-10+. The van der Waals surface area contributed by atoms with E-state index in [2.05, 4.69) is 30.3 Å². The average Bonchev–Trinajstić information content (AvgIpc) is 2.91. The molecule has 1 aliphatic carbocycles. The summed E-state index contributed by atoms with van der Waals surface area (Å²) in [5, 5.41) is 11.5. The van der Waals surface area contributed by atoms with Crippen LogP contribution in [0.5, 0.6) is 0 Å². The van der Waals surface area contributed by atoms with E-state index >= 15 is 0 Å². The highest BCUT2D eigenvalue weighted by molar-refractivity contribution is 5.96. The SMILES string of the molecule is O=C(O)CC1C/C(=C\c2cccc3ccccc23)c2ccc(F)cc21. The molecule has 3 heteroatoms. The molecule has 0 saturated carbocycles. The number of hydrogen-bond donors (Lipinski definition) is 1. The molecule has 1 unspecified atom stereocenters. The van der Waals surface area contributed by atoms with E-state index in [1.54, 1.807) is 6.07 Å². The van der Waals surface area contributed by atoms with Crippen LogP contribution in [0.25, 0.3) is 22.4 Å². The second kappa shape index (κ2) is 6.17. The van der Waals surface area contributed by atoms with Crippen molar-refractivity contribution in [2.75, 3.05) is 0 Å². The Kier molecular flexibility index (Phi) is 3.85. The fourth-order valence-electron chi connectivity index (χ4n) is 3.74.